The van der Waals surface area contributed by atoms with Crippen LogP contribution in [0.25, 0.3) is 10.9 Å². The number of para-hydroxylation sites is 1. The first kappa shape index (κ1) is 13.7. The average Bonchev–Trinajstić information content (AvgIpc) is 2.39. The minimum Gasteiger partial charge on any atom is -0.256 e. The van der Waals surface area contributed by atoms with E-state index in [2.05, 4.69) is 50.0 Å². The second kappa shape index (κ2) is 6.39. The molecular weight excluding hydrogens is 206 g/mol. The van der Waals surface area contributed by atoms with Crippen molar-refractivity contribution in [2.45, 2.75) is 40.5 Å². The number of rotatable bonds is 2. The highest BCUT2D eigenvalue weighted by Crippen LogP contribution is 2.28. The van der Waals surface area contributed by atoms with Gasteiger partial charge in [-0.05, 0) is 29.5 Å². The maximum absolute atomic E-state index is 4.38. The van der Waals surface area contributed by atoms with Crippen molar-refractivity contribution in [3.05, 3.63) is 42.1 Å². The molecule has 0 aliphatic carbocycles. The molecule has 0 saturated carbocycles. The molecule has 1 aromatic carbocycles. The van der Waals surface area contributed by atoms with Gasteiger partial charge in [-0.15, -0.1) is 0 Å². The van der Waals surface area contributed by atoms with E-state index in [1.807, 2.05) is 26.1 Å². The molecule has 2 aromatic rings. The Morgan fingerprint density at radius 2 is 1.59 bits per heavy atom. The van der Waals surface area contributed by atoms with Gasteiger partial charge in [-0.25, -0.2) is 0 Å². The van der Waals surface area contributed by atoms with E-state index in [4.69, 9.17) is 0 Å². The van der Waals surface area contributed by atoms with Gasteiger partial charge < -0.3 is 0 Å². The van der Waals surface area contributed by atoms with Crippen molar-refractivity contribution in [3.63, 3.8) is 0 Å². The summed E-state index contributed by atoms with van der Waals surface area (Å²) in [4.78, 5) is 4.38. The van der Waals surface area contributed by atoms with E-state index in [0.717, 1.165) is 5.52 Å². The molecule has 1 unspecified atom stereocenters. The van der Waals surface area contributed by atoms with Gasteiger partial charge in [0.25, 0.3) is 0 Å². The van der Waals surface area contributed by atoms with Crippen LogP contribution in [0.1, 0.15) is 46.1 Å². The molecule has 1 heterocycles. The van der Waals surface area contributed by atoms with Crippen molar-refractivity contribution in [1.82, 2.24) is 4.98 Å². The zero-order valence-electron chi connectivity index (χ0n) is 11.6. The van der Waals surface area contributed by atoms with Crippen molar-refractivity contribution in [2.24, 2.45) is 5.92 Å². The lowest BCUT2D eigenvalue weighted by Gasteiger charge is -2.17. The number of hydrogen-bond acceptors (Lipinski definition) is 1. The average molecular weight is 229 g/mol. The van der Waals surface area contributed by atoms with Crippen molar-refractivity contribution < 1.29 is 0 Å². The summed E-state index contributed by atoms with van der Waals surface area (Å²) in [5.74, 6) is 1.24. The third kappa shape index (κ3) is 3.06. The molecular formula is C16H23N. The van der Waals surface area contributed by atoms with Gasteiger partial charge in [0.2, 0.25) is 0 Å². The van der Waals surface area contributed by atoms with Crippen LogP contribution in [0.5, 0.6) is 0 Å². The molecule has 1 aromatic heterocycles. The molecule has 0 radical (unpaired) electrons. The van der Waals surface area contributed by atoms with E-state index in [-0.39, 0.29) is 0 Å². The zero-order valence-corrected chi connectivity index (χ0v) is 11.6. The SMILES string of the molecule is CC.CC(C)C(C)c1ccnc2ccccc12. The zero-order chi connectivity index (χ0) is 12.8. The first-order valence-electron chi connectivity index (χ1n) is 6.54. The second-order valence-electron chi connectivity index (χ2n) is 4.45. The Kier molecular flexibility index (Phi) is 5.14. The quantitative estimate of drug-likeness (QED) is 0.704. The molecule has 0 aliphatic heterocycles. The molecule has 0 aliphatic rings. The summed E-state index contributed by atoms with van der Waals surface area (Å²) in [6.07, 6.45) is 1.91. The molecule has 0 amide bonds. The first-order chi connectivity index (χ1) is 8.20. The van der Waals surface area contributed by atoms with Gasteiger partial charge in [0.15, 0.2) is 0 Å². The summed E-state index contributed by atoms with van der Waals surface area (Å²) in [6.45, 7) is 10.8. The molecule has 17 heavy (non-hydrogen) atoms. The van der Waals surface area contributed by atoms with Crippen LogP contribution >= 0.6 is 0 Å². The third-order valence-electron chi connectivity index (χ3n) is 3.17. The standard InChI is InChI=1S/C14H17N.C2H6/c1-10(2)11(3)12-8-9-15-14-7-5-4-6-13(12)14;1-2/h4-11H,1-3H3;1-2H3. The topological polar surface area (TPSA) is 12.9 Å². The van der Waals surface area contributed by atoms with Gasteiger partial charge in [-0.1, -0.05) is 52.8 Å². The van der Waals surface area contributed by atoms with E-state index < -0.39 is 0 Å². The van der Waals surface area contributed by atoms with Crippen LogP contribution in [0, 0.1) is 5.92 Å². The third-order valence-corrected chi connectivity index (χ3v) is 3.17. The van der Waals surface area contributed by atoms with Crippen molar-refractivity contribution >= 4 is 10.9 Å². The van der Waals surface area contributed by atoms with Gasteiger partial charge >= 0.3 is 0 Å². The fourth-order valence-electron chi connectivity index (χ4n) is 1.87. The number of pyridine rings is 1. The summed E-state index contributed by atoms with van der Waals surface area (Å²) >= 11 is 0. The number of aromatic nitrogens is 1. The molecule has 1 nitrogen and oxygen atoms in total. The van der Waals surface area contributed by atoms with E-state index in [1.54, 1.807) is 0 Å². The van der Waals surface area contributed by atoms with Crippen LogP contribution in [0.4, 0.5) is 0 Å². The Balaban J connectivity index is 0.000000686. The van der Waals surface area contributed by atoms with Crippen LogP contribution in [-0.2, 0) is 0 Å². The summed E-state index contributed by atoms with van der Waals surface area (Å²) in [5.41, 5.74) is 2.51. The maximum atomic E-state index is 4.38. The van der Waals surface area contributed by atoms with Crippen LogP contribution in [0.15, 0.2) is 36.5 Å². The van der Waals surface area contributed by atoms with Crippen LogP contribution in [0.2, 0.25) is 0 Å². The number of nitrogens with zero attached hydrogens (tertiary/aromatic N) is 1. The maximum Gasteiger partial charge on any atom is 0.0704 e. The van der Waals surface area contributed by atoms with Crippen LogP contribution < -0.4 is 0 Å². The molecule has 2 rings (SSSR count). The Labute approximate surface area is 105 Å². The van der Waals surface area contributed by atoms with Crippen LogP contribution in [0.3, 0.4) is 0 Å². The van der Waals surface area contributed by atoms with E-state index in [0.29, 0.717) is 11.8 Å². The second-order valence-corrected chi connectivity index (χ2v) is 4.45. The van der Waals surface area contributed by atoms with Crippen molar-refractivity contribution in [3.8, 4) is 0 Å². The fourth-order valence-corrected chi connectivity index (χ4v) is 1.87. The lowest BCUT2D eigenvalue weighted by Crippen LogP contribution is -2.02. The van der Waals surface area contributed by atoms with Crippen molar-refractivity contribution in [2.75, 3.05) is 0 Å². The predicted octanol–water partition coefficient (Wildman–Crippen LogP) is 5.02. The Bertz CT molecular complexity index is 455. The lowest BCUT2D eigenvalue weighted by molar-refractivity contribution is 0.538. The first-order valence-corrected chi connectivity index (χ1v) is 6.54. The molecule has 0 fully saturated rings. The number of hydrogen-bond donors (Lipinski definition) is 0. The smallest absolute Gasteiger partial charge is 0.0704 e. The highest BCUT2D eigenvalue weighted by Gasteiger charge is 2.12. The summed E-state index contributed by atoms with van der Waals surface area (Å²) in [5, 5.41) is 1.29. The van der Waals surface area contributed by atoms with Crippen LogP contribution in [-0.4, -0.2) is 4.98 Å². The van der Waals surface area contributed by atoms with Gasteiger partial charge in [-0.3, -0.25) is 4.98 Å². The largest absolute Gasteiger partial charge is 0.256 e. The van der Waals surface area contributed by atoms with Gasteiger partial charge in [0.05, 0.1) is 5.52 Å². The van der Waals surface area contributed by atoms with Gasteiger partial charge in [0, 0.05) is 11.6 Å². The highest BCUT2D eigenvalue weighted by atomic mass is 14.6. The Hall–Kier alpha value is -1.37. The van der Waals surface area contributed by atoms with Gasteiger partial charge in [-0.2, -0.15) is 0 Å². The van der Waals surface area contributed by atoms with E-state index in [9.17, 15) is 0 Å². The molecule has 0 N–H and O–H groups in total. The summed E-state index contributed by atoms with van der Waals surface area (Å²) in [6, 6.07) is 10.5. The van der Waals surface area contributed by atoms with E-state index in [1.165, 1.54) is 10.9 Å². The molecule has 0 saturated heterocycles. The molecule has 0 bridgehead atoms. The van der Waals surface area contributed by atoms with Gasteiger partial charge in [0.1, 0.15) is 0 Å². The molecule has 92 valence electrons. The Morgan fingerprint density at radius 1 is 0.941 bits per heavy atom. The van der Waals surface area contributed by atoms with Crippen molar-refractivity contribution in [1.29, 1.82) is 0 Å². The lowest BCUT2D eigenvalue weighted by atomic mass is 9.88. The predicted molar refractivity (Wildman–Crippen MR) is 76.3 cm³/mol. The molecule has 0 spiro atoms. The number of benzene rings is 1. The van der Waals surface area contributed by atoms with E-state index >= 15 is 0 Å². The molecule has 1 heteroatoms. The normalized spacial score (nSPS) is 12.1. The molecule has 1 atom stereocenters. The highest BCUT2D eigenvalue weighted by molar-refractivity contribution is 5.82. The minimum atomic E-state index is 0.581. The monoisotopic (exact) mass is 229 g/mol. The summed E-state index contributed by atoms with van der Waals surface area (Å²) in [7, 11) is 0. The minimum absolute atomic E-state index is 0.581. The summed E-state index contributed by atoms with van der Waals surface area (Å²) < 4.78 is 0. The fraction of sp³-hybridized carbons (Fsp3) is 0.438. The number of fused-ring (bicyclic) bond motifs is 1. The Morgan fingerprint density at radius 3 is 2.24 bits per heavy atom.